The van der Waals surface area contributed by atoms with Crippen LogP contribution in [0.1, 0.15) is 32.3 Å². The third kappa shape index (κ3) is 3.19. The number of benzene rings is 1. The molecule has 1 atom stereocenters. The molecule has 0 heterocycles. The Kier molecular flexibility index (Phi) is 4.10. The quantitative estimate of drug-likeness (QED) is 0.829. The fraction of sp³-hybridized carbons (Fsp3) is 0.462. The van der Waals surface area contributed by atoms with E-state index in [9.17, 15) is 14.3 Å². The Balaban J connectivity index is 2.98. The number of carboxylic acids is 1. The van der Waals surface area contributed by atoms with Gasteiger partial charge >= 0.3 is 5.97 Å². The molecule has 0 amide bonds. The summed E-state index contributed by atoms with van der Waals surface area (Å²) in [6.07, 6.45) is 1.27. The van der Waals surface area contributed by atoms with E-state index in [1.54, 1.807) is 19.9 Å². The topological polar surface area (TPSA) is 49.3 Å². The molecule has 94 valence electrons. The van der Waals surface area contributed by atoms with Gasteiger partial charge in [-0.05, 0) is 44.0 Å². The number of hydrogen-bond donors (Lipinski definition) is 2. The lowest BCUT2D eigenvalue weighted by molar-refractivity contribution is -0.141. The Morgan fingerprint density at radius 3 is 2.65 bits per heavy atom. The summed E-state index contributed by atoms with van der Waals surface area (Å²) >= 11 is 0. The van der Waals surface area contributed by atoms with Crippen LogP contribution in [0.3, 0.4) is 0 Å². The SMILES string of the molecule is CCCC(C)(Nc1ccc(F)cc1C)C(=O)O. The van der Waals surface area contributed by atoms with Crippen molar-refractivity contribution in [2.24, 2.45) is 0 Å². The molecule has 0 saturated heterocycles. The largest absolute Gasteiger partial charge is 0.480 e. The Morgan fingerprint density at radius 1 is 1.53 bits per heavy atom. The Bertz CT molecular complexity index is 420. The van der Waals surface area contributed by atoms with Gasteiger partial charge < -0.3 is 10.4 Å². The van der Waals surface area contributed by atoms with Crippen molar-refractivity contribution in [2.45, 2.75) is 39.2 Å². The Labute approximate surface area is 101 Å². The molecule has 2 N–H and O–H groups in total. The lowest BCUT2D eigenvalue weighted by Crippen LogP contribution is -2.43. The first kappa shape index (κ1) is 13.5. The van der Waals surface area contributed by atoms with Crippen molar-refractivity contribution in [2.75, 3.05) is 5.32 Å². The molecule has 0 radical (unpaired) electrons. The molecule has 0 spiro atoms. The van der Waals surface area contributed by atoms with Crippen LogP contribution in [0.2, 0.25) is 0 Å². The average molecular weight is 239 g/mol. The fourth-order valence-electron chi connectivity index (χ4n) is 1.79. The summed E-state index contributed by atoms with van der Waals surface area (Å²) in [5.41, 5.74) is 0.343. The highest BCUT2D eigenvalue weighted by Crippen LogP contribution is 2.23. The predicted molar refractivity (Wildman–Crippen MR) is 65.7 cm³/mol. The molecule has 0 fully saturated rings. The Hall–Kier alpha value is -1.58. The molecule has 4 heteroatoms. The summed E-state index contributed by atoms with van der Waals surface area (Å²) in [4.78, 5) is 11.3. The van der Waals surface area contributed by atoms with Gasteiger partial charge in [0, 0.05) is 5.69 Å². The van der Waals surface area contributed by atoms with Gasteiger partial charge in [-0.15, -0.1) is 0 Å². The molecule has 1 rings (SSSR count). The van der Waals surface area contributed by atoms with Gasteiger partial charge in [0.2, 0.25) is 0 Å². The third-order valence-electron chi connectivity index (χ3n) is 2.82. The van der Waals surface area contributed by atoms with Crippen LogP contribution in [-0.2, 0) is 4.79 Å². The summed E-state index contributed by atoms with van der Waals surface area (Å²) in [7, 11) is 0. The molecule has 0 aliphatic carbocycles. The van der Waals surface area contributed by atoms with Gasteiger partial charge in [-0.1, -0.05) is 13.3 Å². The van der Waals surface area contributed by atoms with E-state index in [1.165, 1.54) is 12.1 Å². The number of hydrogen-bond acceptors (Lipinski definition) is 2. The first-order valence-electron chi connectivity index (χ1n) is 5.67. The van der Waals surface area contributed by atoms with Gasteiger partial charge in [0.15, 0.2) is 0 Å². The van der Waals surface area contributed by atoms with E-state index in [-0.39, 0.29) is 5.82 Å². The second-order valence-corrected chi connectivity index (χ2v) is 4.47. The van der Waals surface area contributed by atoms with Crippen LogP contribution >= 0.6 is 0 Å². The molecular formula is C13H18FNO2. The standard InChI is InChI=1S/C13H18FNO2/c1-4-7-13(3,12(16)17)15-11-6-5-10(14)8-9(11)2/h5-6,8,15H,4,7H2,1-3H3,(H,16,17). The zero-order valence-electron chi connectivity index (χ0n) is 10.4. The van der Waals surface area contributed by atoms with Gasteiger partial charge in [0.1, 0.15) is 11.4 Å². The molecule has 17 heavy (non-hydrogen) atoms. The van der Waals surface area contributed by atoms with Crippen molar-refractivity contribution in [3.63, 3.8) is 0 Å². The van der Waals surface area contributed by atoms with Gasteiger partial charge in [-0.3, -0.25) is 0 Å². The number of nitrogens with one attached hydrogen (secondary N) is 1. The first-order valence-corrected chi connectivity index (χ1v) is 5.67. The maximum atomic E-state index is 12.9. The van der Waals surface area contributed by atoms with E-state index in [2.05, 4.69) is 5.32 Å². The average Bonchev–Trinajstić information content (AvgIpc) is 2.22. The zero-order chi connectivity index (χ0) is 13.1. The summed E-state index contributed by atoms with van der Waals surface area (Å²) in [6, 6.07) is 4.28. The van der Waals surface area contributed by atoms with Crippen LogP contribution in [0.25, 0.3) is 0 Å². The van der Waals surface area contributed by atoms with Crippen LogP contribution in [-0.4, -0.2) is 16.6 Å². The van der Waals surface area contributed by atoms with E-state index < -0.39 is 11.5 Å². The maximum absolute atomic E-state index is 12.9. The molecule has 1 aromatic carbocycles. The summed E-state index contributed by atoms with van der Waals surface area (Å²) in [6.45, 7) is 5.32. The molecule has 0 aliphatic heterocycles. The number of anilines is 1. The highest BCUT2D eigenvalue weighted by molar-refractivity contribution is 5.82. The van der Waals surface area contributed by atoms with E-state index in [0.29, 0.717) is 17.7 Å². The third-order valence-corrected chi connectivity index (χ3v) is 2.82. The lowest BCUT2D eigenvalue weighted by atomic mass is 9.95. The van der Waals surface area contributed by atoms with Crippen LogP contribution < -0.4 is 5.32 Å². The van der Waals surface area contributed by atoms with E-state index in [4.69, 9.17) is 0 Å². The Morgan fingerprint density at radius 2 is 2.18 bits per heavy atom. The summed E-state index contributed by atoms with van der Waals surface area (Å²) in [5.74, 6) is -1.22. The molecule has 1 unspecified atom stereocenters. The van der Waals surface area contributed by atoms with Crippen molar-refractivity contribution in [1.29, 1.82) is 0 Å². The number of rotatable bonds is 5. The molecule has 0 aliphatic rings. The second-order valence-electron chi connectivity index (χ2n) is 4.47. The van der Waals surface area contributed by atoms with Crippen molar-refractivity contribution in [1.82, 2.24) is 0 Å². The fourth-order valence-corrected chi connectivity index (χ4v) is 1.79. The minimum absolute atomic E-state index is 0.319. The molecule has 3 nitrogen and oxygen atoms in total. The molecular weight excluding hydrogens is 221 g/mol. The number of aliphatic carboxylic acids is 1. The smallest absolute Gasteiger partial charge is 0.329 e. The van der Waals surface area contributed by atoms with Crippen LogP contribution in [0.4, 0.5) is 10.1 Å². The van der Waals surface area contributed by atoms with Crippen LogP contribution in [0, 0.1) is 12.7 Å². The monoisotopic (exact) mass is 239 g/mol. The van der Waals surface area contributed by atoms with Gasteiger partial charge in [-0.2, -0.15) is 0 Å². The van der Waals surface area contributed by atoms with Crippen molar-refractivity contribution in [3.8, 4) is 0 Å². The lowest BCUT2D eigenvalue weighted by Gasteiger charge is -2.27. The molecule has 1 aromatic rings. The number of halogens is 1. The van der Waals surface area contributed by atoms with Gasteiger partial charge in [-0.25, -0.2) is 9.18 Å². The van der Waals surface area contributed by atoms with Crippen molar-refractivity contribution < 1.29 is 14.3 Å². The highest BCUT2D eigenvalue weighted by Gasteiger charge is 2.32. The summed E-state index contributed by atoms with van der Waals surface area (Å²) < 4.78 is 12.9. The van der Waals surface area contributed by atoms with Crippen molar-refractivity contribution >= 4 is 11.7 Å². The second kappa shape index (κ2) is 5.17. The first-order chi connectivity index (χ1) is 7.89. The minimum atomic E-state index is -1.02. The van der Waals surface area contributed by atoms with E-state index in [0.717, 1.165) is 6.42 Å². The number of carboxylic acid groups (broad SMARTS) is 1. The van der Waals surface area contributed by atoms with Gasteiger partial charge in [0.05, 0.1) is 0 Å². The molecule has 0 bridgehead atoms. The predicted octanol–water partition coefficient (Wildman–Crippen LogP) is 3.19. The van der Waals surface area contributed by atoms with Crippen molar-refractivity contribution in [3.05, 3.63) is 29.6 Å². The normalized spacial score (nSPS) is 14.1. The van der Waals surface area contributed by atoms with Crippen LogP contribution in [0.15, 0.2) is 18.2 Å². The molecule has 0 saturated carbocycles. The zero-order valence-corrected chi connectivity index (χ0v) is 10.4. The molecule has 0 aromatic heterocycles. The number of carbonyl (C=O) groups is 1. The van der Waals surface area contributed by atoms with E-state index in [1.807, 2.05) is 6.92 Å². The van der Waals surface area contributed by atoms with E-state index >= 15 is 0 Å². The summed E-state index contributed by atoms with van der Waals surface area (Å²) in [5, 5.41) is 12.2. The van der Waals surface area contributed by atoms with Crippen LogP contribution in [0.5, 0.6) is 0 Å². The van der Waals surface area contributed by atoms with Gasteiger partial charge in [0.25, 0.3) is 0 Å². The minimum Gasteiger partial charge on any atom is -0.480 e. The highest BCUT2D eigenvalue weighted by atomic mass is 19.1. The number of aryl methyl sites for hydroxylation is 1. The maximum Gasteiger partial charge on any atom is 0.329 e.